The highest BCUT2D eigenvalue weighted by Crippen LogP contribution is 2.24. The van der Waals surface area contributed by atoms with Gasteiger partial charge >= 0.3 is 0 Å². The number of methoxy groups -OCH3 is 1. The van der Waals surface area contributed by atoms with Crippen molar-refractivity contribution in [3.8, 4) is 5.75 Å². The molecule has 1 unspecified atom stereocenters. The summed E-state index contributed by atoms with van der Waals surface area (Å²) in [5.74, 6) is 1.62. The van der Waals surface area contributed by atoms with E-state index < -0.39 is 0 Å². The lowest BCUT2D eigenvalue weighted by molar-refractivity contribution is 0.414. The van der Waals surface area contributed by atoms with Crippen molar-refractivity contribution in [2.75, 3.05) is 7.11 Å². The first-order valence-corrected chi connectivity index (χ1v) is 7.92. The number of unbranched alkanes of at least 4 members (excludes halogenated alkanes) is 6. The Hall–Kier alpha value is -0.980. The van der Waals surface area contributed by atoms with E-state index in [0.29, 0.717) is 5.92 Å². The van der Waals surface area contributed by atoms with Crippen LogP contribution in [0.3, 0.4) is 0 Å². The lowest BCUT2D eigenvalue weighted by Crippen LogP contribution is -1.94. The Balaban J connectivity index is 2.14. The molecule has 0 amide bonds. The van der Waals surface area contributed by atoms with E-state index in [4.69, 9.17) is 4.74 Å². The van der Waals surface area contributed by atoms with Crippen LogP contribution in [0, 0.1) is 0 Å². The fourth-order valence-corrected chi connectivity index (χ4v) is 2.51. The van der Waals surface area contributed by atoms with Crippen LogP contribution in [0.1, 0.15) is 76.7 Å². The Kier molecular flexibility index (Phi) is 8.36. The van der Waals surface area contributed by atoms with Crippen LogP contribution in [0.15, 0.2) is 24.3 Å². The Labute approximate surface area is 119 Å². The van der Waals surface area contributed by atoms with Gasteiger partial charge in [-0.25, -0.2) is 0 Å². The van der Waals surface area contributed by atoms with Gasteiger partial charge in [-0.2, -0.15) is 0 Å². The third kappa shape index (κ3) is 6.66. The van der Waals surface area contributed by atoms with Crippen molar-refractivity contribution >= 4 is 0 Å². The van der Waals surface area contributed by atoms with Gasteiger partial charge in [-0.05, 0) is 30.0 Å². The van der Waals surface area contributed by atoms with Crippen molar-refractivity contribution in [1.82, 2.24) is 0 Å². The van der Waals surface area contributed by atoms with Crippen LogP contribution in [0.25, 0.3) is 0 Å². The second kappa shape index (κ2) is 9.89. The van der Waals surface area contributed by atoms with Gasteiger partial charge in [-0.3, -0.25) is 0 Å². The van der Waals surface area contributed by atoms with Crippen molar-refractivity contribution in [1.29, 1.82) is 0 Å². The van der Waals surface area contributed by atoms with Crippen LogP contribution in [0.5, 0.6) is 5.75 Å². The van der Waals surface area contributed by atoms with E-state index in [9.17, 15) is 0 Å². The average Bonchev–Trinajstić information content (AvgIpc) is 2.46. The zero-order valence-electron chi connectivity index (χ0n) is 13.0. The standard InChI is InChI=1S/C18H30O/c1-4-5-6-7-8-9-10-11-16(2)17-12-14-18(19-3)15-13-17/h12-16H,4-11H2,1-3H3. The molecule has 0 aromatic heterocycles. The Bertz CT molecular complexity index is 315. The summed E-state index contributed by atoms with van der Waals surface area (Å²) >= 11 is 0. The lowest BCUT2D eigenvalue weighted by atomic mass is 9.94. The minimum Gasteiger partial charge on any atom is -0.497 e. The zero-order valence-corrected chi connectivity index (χ0v) is 13.0. The highest BCUT2D eigenvalue weighted by atomic mass is 16.5. The fraction of sp³-hybridized carbons (Fsp3) is 0.667. The molecule has 1 nitrogen and oxygen atoms in total. The molecule has 0 aliphatic carbocycles. The number of benzene rings is 1. The monoisotopic (exact) mass is 262 g/mol. The minimum absolute atomic E-state index is 0.668. The highest BCUT2D eigenvalue weighted by molar-refractivity contribution is 5.28. The molecule has 0 saturated carbocycles. The molecule has 0 radical (unpaired) electrons. The zero-order chi connectivity index (χ0) is 13.9. The van der Waals surface area contributed by atoms with E-state index in [1.165, 1.54) is 56.9 Å². The summed E-state index contributed by atoms with van der Waals surface area (Å²) in [4.78, 5) is 0. The first-order valence-electron chi connectivity index (χ1n) is 7.92. The van der Waals surface area contributed by atoms with Crippen molar-refractivity contribution < 1.29 is 4.74 Å². The van der Waals surface area contributed by atoms with Crippen molar-refractivity contribution in [3.63, 3.8) is 0 Å². The summed E-state index contributed by atoms with van der Waals surface area (Å²) < 4.78 is 5.19. The van der Waals surface area contributed by atoms with Crippen LogP contribution >= 0.6 is 0 Å². The number of hydrogen-bond acceptors (Lipinski definition) is 1. The van der Waals surface area contributed by atoms with Gasteiger partial charge in [-0.1, -0.05) is 70.9 Å². The summed E-state index contributed by atoms with van der Waals surface area (Å²) in [5.41, 5.74) is 1.44. The highest BCUT2D eigenvalue weighted by Gasteiger charge is 2.05. The predicted molar refractivity (Wildman–Crippen MR) is 84.0 cm³/mol. The predicted octanol–water partition coefficient (Wildman–Crippen LogP) is 5.94. The minimum atomic E-state index is 0.668. The van der Waals surface area contributed by atoms with Crippen molar-refractivity contribution in [2.45, 2.75) is 71.1 Å². The SMILES string of the molecule is CCCCCCCCCC(C)c1ccc(OC)cc1. The molecule has 0 heterocycles. The van der Waals surface area contributed by atoms with Gasteiger partial charge < -0.3 is 4.74 Å². The van der Waals surface area contributed by atoms with Crippen LogP contribution in [0.4, 0.5) is 0 Å². The van der Waals surface area contributed by atoms with Crippen LogP contribution in [0.2, 0.25) is 0 Å². The van der Waals surface area contributed by atoms with Crippen molar-refractivity contribution in [2.24, 2.45) is 0 Å². The quantitative estimate of drug-likeness (QED) is 0.474. The van der Waals surface area contributed by atoms with E-state index in [1.54, 1.807) is 7.11 Å². The summed E-state index contributed by atoms with van der Waals surface area (Å²) in [6.07, 6.45) is 11.1. The van der Waals surface area contributed by atoms with Gasteiger partial charge in [0.05, 0.1) is 7.11 Å². The van der Waals surface area contributed by atoms with Gasteiger partial charge in [0, 0.05) is 0 Å². The molecule has 0 fully saturated rings. The second-order valence-corrected chi connectivity index (χ2v) is 5.58. The smallest absolute Gasteiger partial charge is 0.118 e. The molecule has 0 saturated heterocycles. The molecule has 19 heavy (non-hydrogen) atoms. The lowest BCUT2D eigenvalue weighted by Gasteiger charge is -2.12. The molecule has 0 N–H and O–H groups in total. The number of rotatable bonds is 10. The Morgan fingerprint density at radius 2 is 1.47 bits per heavy atom. The third-order valence-corrected chi connectivity index (χ3v) is 3.93. The average molecular weight is 262 g/mol. The maximum absolute atomic E-state index is 5.19. The van der Waals surface area contributed by atoms with Gasteiger partial charge in [0.15, 0.2) is 0 Å². The van der Waals surface area contributed by atoms with Gasteiger partial charge in [0.1, 0.15) is 5.75 Å². The molecule has 1 aromatic carbocycles. The molecule has 1 rings (SSSR count). The van der Waals surface area contributed by atoms with E-state index in [2.05, 4.69) is 38.1 Å². The summed E-state index contributed by atoms with van der Waals surface area (Å²) in [7, 11) is 1.72. The normalized spacial score (nSPS) is 12.4. The Morgan fingerprint density at radius 1 is 0.895 bits per heavy atom. The summed E-state index contributed by atoms with van der Waals surface area (Å²) in [6, 6.07) is 8.53. The molecule has 1 heteroatoms. The van der Waals surface area contributed by atoms with Gasteiger partial charge in [0.25, 0.3) is 0 Å². The Morgan fingerprint density at radius 3 is 2.05 bits per heavy atom. The largest absolute Gasteiger partial charge is 0.497 e. The van der Waals surface area contributed by atoms with E-state index in [-0.39, 0.29) is 0 Å². The van der Waals surface area contributed by atoms with Crippen LogP contribution in [-0.2, 0) is 0 Å². The van der Waals surface area contributed by atoms with Crippen molar-refractivity contribution in [3.05, 3.63) is 29.8 Å². The topological polar surface area (TPSA) is 9.23 Å². The van der Waals surface area contributed by atoms with E-state index in [1.807, 2.05) is 0 Å². The van der Waals surface area contributed by atoms with Gasteiger partial charge in [-0.15, -0.1) is 0 Å². The molecule has 0 bridgehead atoms. The maximum Gasteiger partial charge on any atom is 0.118 e. The molecule has 0 spiro atoms. The first-order chi connectivity index (χ1) is 9.27. The molecular weight excluding hydrogens is 232 g/mol. The third-order valence-electron chi connectivity index (χ3n) is 3.93. The number of ether oxygens (including phenoxy) is 1. The molecule has 108 valence electrons. The summed E-state index contributed by atoms with van der Waals surface area (Å²) in [5, 5.41) is 0. The van der Waals surface area contributed by atoms with E-state index >= 15 is 0 Å². The molecule has 0 aliphatic heterocycles. The first kappa shape index (κ1) is 16.1. The van der Waals surface area contributed by atoms with Gasteiger partial charge in [0.2, 0.25) is 0 Å². The molecular formula is C18H30O. The molecule has 1 atom stereocenters. The van der Waals surface area contributed by atoms with E-state index in [0.717, 1.165) is 5.75 Å². The second-order valence-electron chi connectivity index (χ2n) is 5.58. The maximum atomic E-state index is 5.19. The molecule has 1 aromatic rings. The van der Waals surface area contributed by atoms with Crippen LogP contribution < -0.4 is 4.74 Å². The molecule has 0 aliphatic rings. The summed E-state index contributed by atoms with van der Waals surface area (Å²) in [6.45, 7) is 4.61. The van der Waals surface area contributed by atoms with Crippen LogP contribution in [-0.4, -0.2) is 7.11 Å². The number of hydrogen-bond donors (Lipinski definition) is 0. The fourth-order valence-electron chi connectivity index (χ4n) is 2.51.